The highest BCUT2D eigenvalue weighted by atomic mass is 16.3. The Morgan fingerprint density at radius 1 is 1.29 bits per heavy atom. The van der Waals surface area contributed by atoms with Gasteiger partial charge in [0, 0.05) is 5.39 Å². The van der Waals surface area contributed by atoms with Crippen LogP contribution in [0.3, 0.4) is 0 Å². The SMILES string of the molecule is CC(O)c1nc(N)c2ccccc2n1. The van der Waals surface area contributed by atoms with E-state index in [1.165, 1.54) is 0 Å². The molecule has 0 fully saturated rings. The molecule has 0 saturated heterocycles. The van der Waals surface area contributed by atoms with Crippen LogP contribution in [0.5, 0.6) is 0 Å². The van der Waals surface area contributed by atoms with E-state index in [4.69, 9.17) is 5.73 Å². The van der Waals surface area contributed by atoms with Crippen LogP contribution in [0.25, 0.3) is 10.9 Å². The van der Waals surface area contributed by atoms with Crippen LogP contribution in [0.2, 0.25) is 0 Å². The maximum Gasteiger partial charge on any atom is 0.159 e. The maximum atomic E-state index is 9.33. The molecule has 14 heavy (non-hydrogen) atoms. The van der Waals surface area contributed by atoms with Crippen LogP contribution in [0.4, 0.5) is 5.82 Å². The lowest BCUT2D eigenvalue weighted by atomic mass is 10.2. The number of hydrogen-bond acceptors (Lipinski definition) is 4. The first kappa shape index (κ1) is 8.90. The minimum atomic E-state index is -0.693. The van der Waals surface area contributed by atoms with Crippen molar-refractivity contribution >= 4 is 16.7 Å². The first-order valence-electron chi connectivity index (χ1n) is 4.38. The summed E-state index contributed by atoms with van der Waals surface area (Å²) in [6, 6.07) is 7.46. The molecule has 1 aromatic heterocycles. The first-order valence-corrected chi connectivity index (χ1v) is 4.38. The average Bonchev–Trinajstić information content (AvgIpc) is 2.17. The number of fused-ring (bicyclic) bond motifs is 1. The fourth-order valence-corrected chi connectivity index (χ4v) is 1.31. The van der Waals surface area contributed by atoms with E-state index in [0.29, 0.717) is 11.6 Å². The molecule has 1 heterocycles. The Bertz CT molecular complexity index is 468. The number of aliphatic hydroxyl groups is 1. The van der Waals surface area contributed by atoms with Gasteiger partial charge in [-0.05, 0) is 19.1 Å². The minimum absolute atomic E-state index is 0.362. The van der Waals surface area contributed by atoms with Crippen LogP contribution in [-0.4, -0.2) is 15.1 Å². The number of rotatable bonds is 1. The number of nitrogen functional groups attached to an aromatic ring is 1. The zero-order valence-corrected chi connectivity index (χ0v) is 7.81. The van der Waals surface area contributed by atoms with E-state index in [9.17, 15) is 5.11 Å². The van der Waals surface area contributed by atoms with Gasteiger partial charge in [-0.25, -0.2) is 9.97 Å². The van der Waals surface area contributed by atoms with Crippen molar-refractivity contribution in [1.29, 1.82) is 0 Å². The van der Waals surface area contributed by atoms with E-state index in [0.717, 1.165) is 10.9 Å². The van der Waals surface area contributed by atoms with E-state index in [-0.39, 0.29) is 0 Å². The van der Waals surface area contributed by atoms with Gasteiger partial charge in [-0.2, -0.15) is 0 Å². The summed E-state index contributed by atoms with van der Waals surface area (Å²) in [5.74, 6) is 0.771. The molecule has 0 bridgehead atoms. The summed E-state index contributed by atoms with van der Waals surface area (Å²) >= 11 is 0. The fourth-order valence-electron chi connectivity index (χ4n) is 1.31. The van der Waals surface area contributed by atoms with Crippen molar-refractivity contribution < 1.29 is 5.11 Å². The lowest BCUT2D eigenvalue weighted by Gasteiger charge is -2.06. The molecule has 0 spiro atoms. The number of aromatic nitrogens is 2. The van der Waals surface area contributed by atoms with Gasteiger partial charge in [0.05, 0.1) is 5.52 Å². The smallest absolute Gasteiger partial charge is 0.159 e. The highest BCUT2D eigenvalue weighted by Gasteiger charge is 2.08. The molecule has 1 atom stereocenters. The fraction of sp³-hybridized carbons (Fsp3) is 0.200. The van der Waals surface area contributed by atoms with E-state index in [1.54, 1.807) is 6.92 Å². The van der Waals surface area contributed by atoms with Gasteiger partial charge in [-0.15, -0.1) is 0 Å². The molecule has 72 valence electrons. The molecule has 1 aromatic carbocycles. The topological polar surface area (TPSA) is 72.0 Å². The molecule has 0 saturated carbocycles. The van der Waals surface area contributed by atoms with Crippen molar-refractivity contribution in [3.8, 4) is 0 Å². The van der Waals surface area contributed by atoms with Crippen molar-refractivity contribution in [2.24, 2.45) is 0 Å². The number of aliphatic hydroxyl groups excluding tert-OH is 1. The third-order valence-corrected chi connectivity index (χ3v) is 2.02. The van der Waals surface area contributed by atoms with E-state index in [2.05, 4.69) is 9.97 Å². The molecular formula is C10H11N3O. The Balaban J connectivity index is 2.72. The van der Waals surface area contributed by atoms with Crippen LogP contribution in [0.15, 0.2) is 24.3 Å². The predicted molar refractivity (Wildman–Crippen MR) is 54.6 cm³/mol. The summed E-state index contributed by atoms with van der Waals surface area (Å²) < 4.78 is 0. The molecule has 0 aliphatic carbocycles. The molecule has 1 unspecified atom stereocenters. The zero-order chi connectivity index (χ0) is 10.1. The predicted octanol–water partition coefficient (Wildman–Crippen LogP) is 1.27. The highest BCUT2D eigenvalue weighted by Crippen LogP contribution is 2.19. The molecular weight excluding hydrogens is 178 g/mol. The summed E-state index contributed by atoms with van der Waals surface area (Å²) in [7, 11) is 0. The van der Waals surface area contributed by atoms with Crippen molar-refractivity contribution in [2.75, 3.05) is 5.73 Å². The van der Waals surface area contributed by atoms with Gasteiger partial charge >= 0.3 is 0 Å². The Morgan fingerprint density at radius 3 is 2.71 bits per heavy atom. The van der Waals surface area contributed by atoms with Crippen LogP contribution in [0.1, 0.15) is 18.9 Å². The van der Waals surface area contributed by atoms with Gasteiger partial charge in [0.15, 0.2) is 5.82 Å². The van der Waals surface area contributed by atoms with Crippen molar-refractivity contribution in [3.05, 3.63) is 30.1 Å². The van der Waals surface area contributed by atoms with E-state index in [1.807, 2.05) is 24.3 Å². The number of hydrogen-bond donors (Lipinski definition) is 2. The monoisotopic (exact) mass is 189 g/mol. The van der Waals surface area contributed by atoms with Gasteiger partial charge in [0.25, 0.3) is 0 Å². The quantitative estimate of drug-likeness (QED) is 0.708. The van der Waals surface area contributed by atoms with Gasteiger partial charge in [0.2, 0.25) is 0 Å². The maximum absolute atomic E-state index is 9.33. The number of nitrogens with zero attached hydrogens (tertiary/aromatic N) is 2. The lowest BCUT2D eigenvalue weighted by molar-refractivity contribution is 0.189. The summed E-state index contributed by atoms with van der Waals surface area (Å²) in [4.78, 5) is 8.21. The summed E-state index contributed by atoms with van der Waals surface area (Å²) in [5, 5.41) is 10.1. The number of benzene rings is 1. The van der Waals surface area contributed by atoms with Crippen LogP contribution >= 0.6 is 0 Å². The van der Waals surface area contributed by atoms with E-state index < -0.39 is 6.10 Å². The van der Waals surface area contributed by atoms with Gasteiger partial charge in [-0.3, -0.25) is 0 Å². The molecule has 0 amide bonds. The third-order valence-electron chi connectivity index (χ3n) is 2.02. The average molecular weight is 189 g/mol. The first-order chi connectivity index (χ1) is 6.68. The van der Waals surface area contributed by atoms with Gasteiger partial charge in [0.1, 0.15) is 11.9 Å². The highest BCUT2D eigenvalue weighted by molar-refractivity contribution is 5.87. The molecule has 3 N–H and O–H groups in total. The second kappa shape index (κ2) is 3.23. The summed E-state index contributed by atoms with van der Waals surface area (Å²) in [5.41, 5.74) is 6.49. The van der Waals surface area contributed by atoms with Crippen LogP contribution in [0, 0.1) is 0 Å². The van der Waals surface area contributed by atoms with Crippen molar-refractivity contribution in [2.45, 2.75) is 13.0 Å². The van der Waals surface area contributed by atoms with Crippen molar-refractivity contribution in [1.82, 2.24) is 9.97 Å². The standard InChI is InChI=1S/C10H11N3O/c1-6(14)10-12-8-5-3-2-4-7(8)9(11)13-10/h2-6,14H,1H3,(H2,11,12,13). The summed E-state index contributed by atoms with van der Waals surface area (Å²) in [6.07, 6.45) is -0.693. The molecule has 4 nitrogen and oxygen atoms in total. The third kappa shape index (κ3) is 1.40. The van der Waals surface area contributed by atoms with Crippen LogP contribution in [-0.2, 0) is 0 Å². The Kier molecular flexibility index (Phi) is 2.05. The molecule has 0 radical (unpaired) electrons. The Labute approximate surface area is 81.4 Å². The summed E-state index contributed by atoms with van der Waals surface area (Å²) in [6.45, 7) is 1.61. The molecule has 0 aliphatic rings. The number of para-hydroxylation sites is 1. The normalized spacial score (nSPS) is 13.0. The van der Waals surface area contributed by atoms with Gasteiger partial charge in [-0.1, -0.05) is 12.1 Å². The van der Waals surface area contributed by atoms with E-state index >= 15 is 0 Å². The Hall–Kier alpha value is -1.68. The minimum Gasteiger partial charge on any atom is -0.385 e. The zero-order valence-electron chi connectivity index (χ0n) is 7.81. The molecule has 2 aromatic rings. The van der Waals surface area contributed by atoms with Crippen molar-refractivity contribution in [3.63, 3.8) is 0 Å². The molecule has 4 heteroatoms. The Morgan fingerprint density at radius 2 is 2.00 bits per heavy atom. The number of nitrogens with two attached hydrogens (primary N) is 1. The second-order valence-electron chi connectivity index (χ2n) is 3.16. The molecule has 2 rings (SSSR count). The molecule has 0 aliphatic heterocycles. The van der Waals surface area contributed by atoms with Gasteiger partial charge < -0.3 is 10.8 Å². The largest absolute Gasteiger partial charge is 0.385 e. The second-order valence-corrected chi connectivity index (χ2v) is 3.16. The van der Waals surface area contributed by atoms with Crippen LogP contribution < -0.4 is 5.73 Å². The lowest BCUT2D eigenvalue weighted by Crippen LogP contribution is -2.03. The number of anilines is 1.